The molecule has 10 aromatic rings. The Hall–Kier alpha value is -6.78. The molecule has 16 heteroatoms. The van der Waals surface area contributed by atoms with E-state index >= 15 is 4.39 Å². The molecule has 0 spiro atoms. The number of aromatic nitrogens is 10. The topological polar surface area (TPSA) is 132 Å². The van der Waals surface area contributed by atoms with Crippen LogP contribution in [0.25, 0.3) is 65.2 Å². The van der Waals surface area contributed by atoms with Gasteiger partial charge in [-0.25, -0.2) is 28.4 Å². The van der Waals surface area contributed by atoms with Crippen LogP contribution in [0.3, 0.4) is 0 Å². The van der Waals surface area contributed by atoms with Crippen LogP contribution in [0.15, 0.2) is 101 Å². The lowest BCUT2D eigenvalue weighted by atomic mass is 10.1. The highest BCUT2D eigenvalue weighted by Gasteiger charge is 2.24. The Labute approximate surface area is 329 Å². The SMILES string of the molecule is C=Cc1nc2c(s1)c1cnn(Cc3cccc4c3cnn4-c3ccc(Cn4ncc5c6sc(C(F)c7ccccc7)nc6n(C)c5c4=O)cc3OC)c(=O)c1n2C. The van der Waals surface area contributed by atoms with Crippen LogP contribution in [0, 0.1) is 0 Å². The number of benzene rings is 3. The summed E-state index contributed by atoms with van der Waals surface area (Å²) in [6.07, 6.45) is 5.49. The summed E-state index contributed by atoms with van der Waals surface area (Å²) in [6, 6.07) is 20.4. The number of halogens is 1. The van der Waals surface area contributed by atoms with Crippen LogP contribution in [0.4, 0.5) is 4.39 Å². The first-order valence-electron chi connectivity index (χ1n) is 17.9. The maximum Gasteiger partial charge on any atom is 0.291 e. The van der Waals surface area contributed by atoms with E-state index < -0.39 is 6.17 Å². The Morgan fingerprint density at radius 2 is 1.46 bits per heavy atom. The van der Waals surface area contributed by atoms with Crippen LogP contribution in [0.5, 0.6) is 5.75 Å². The highest BCUT2D eigenvalue weighted by atomic mass is 32.1. The summed E-state index contributed by atoms with van der Waals surface area (Å²) in [5.74, 6) is 0.549. The van der Waals surface area contributed by atoms with Crippen LogP contribution in [-0.2, 0) is 27.2 Å². The largest absolute Gasteiger partial charge is 0.494 e. The molecule has 0 saturated heterocycles. The number of aryl methyl sites for hydroxylation is 2. The summed E-state index contributed by atoms with van der Waals surface area (Å²) in [5, 5.41) is 17.2. The van der Waals surface area contributed by atoms with Gasteiger partial charge in [-0.1, -0.05) is 55.1 Å². The Balaban J connectivity index is 0.946. The number of hydrogen-bond donors (Lipinski definition) is 0. The number of rotatable bonds is 9. The number of nitrogens with zero attached hydrogens (tertiary/aromatic N) is 10. The molecular formula is C41H31FN10O3S2. The second-order valence-corrected chi connectivity index (χ2v) is 15.7. The molecule has 0 aliphatic carbocycles. The first kappa shape index (κ1) is 34.7. The predicted octanol–water partition coefficient (Wildman–Crippen LogP) is 7.15. The van der Waals surface area contributed by atoms with E-state index in [2.05, 4.69) is 26.7 Å². The highest BCUT2D eigenvalue weighted by molar-refractivity contribution is 7.20. The molecule has 57 heavy (non-hydrogen) atoms. The minimum atomic E-state index is -1.37. The molecule has 0 fully saturated rings. The van der Waals surface area contributed by atoms with Crippen LogP contribution in [-0.4, -0.2) is 55.6 Å². The smallest absolute Gasteiger partial charge is 0.291 e. The molecule has 1 atom stereocenters. The number of ether oxygens (including phenoxy) is 1. The van der Waals surface area contributed by atoms with Crippen molar-refractivity contribution in [2.75, 3.05) is 7.11 Å². The molecule has 282 valence electrons. The third-order valence-electron chi connectivity index (χ3n) is 10.4. The molecule has 0 N–H and O–H groups in total. The van der Waals surface area contributed by atoms with Crippen molar-refractivity contribution < 1.29 is 9.13 Å². The van der Waals surface area contributed by atoms with Gasteiger partial charge >= 0.3 is 0 Å². The van der Waals surface area contributed by atoms with E-state index in [0.29, 0.717) is 44.1 Å². The van der Waals surface area contributed by atoms with E-state index in [9.17, 15) is 9.59 Å². The molecule has 3 aromatic carbocycles. The van der Waals surface area contributed by atoms with Crippen molar-refractivity contribution in [3.05, 3.63) is 139 Å². The summed E-state index contributed by atoms with van der Waals surface area (Å²) in [7, 11) is 5.20. The lowest BCUT2D eigenvalue weighted by Gasteiger charge is -2.13. The van der Waals surface area contributed by atoms with Crippen molar-refractivity contribution in [2.45, 2.75) is 19.3 Å². The van der Waals surface area contributed by atoms with E-state index in [4.69, 9.17) is 9.84 Å². The molecule has 0 aliphatic rings. The molecule has 0 aliphatic heterocycles. The minimum Gasteiger partial charge on any atom is -0.494 e. The average molecular weight is 795 g/mol. The fraction of sp³-hybridized carbons (Fsp3) is 0.146. The summed E-state index contributed by atoms with van der Waals surface area (Å²) in [4.78, 5) is 36.8. The van der Waals surface area contributed by atoms with E-state index in [-0.39, 0.29) is 24.2 Å². The van der Waals surface area contributed by atoms with E-state index in [1.165, 1.54) is 32.0 Å². The standard InChI is InChI=1S/C41H31FN10O3S2/c1-5-31-46-37-35(56-31)26-18-44-51(41(54)33(26)48(37)2)21-24-12-9-13-28-25(24)17-45-52(28)29-15-14-22(16-30(29)55-4)20-50-40(53)34-27(19-43-50)36-38(49(34)3)47-39(57-36)32(42)23-10-7-6-8-11-23/h5-19,32H,1,20-21H2,2-4H3. The first-order valence-corrected chi connectivity index (χ1v) is 19.5. The molecule has 0 saturated carbocycles. The van der Waals surface area contributed by atoms with Crippen molar-refractivity contribution in [1.29, 1.82) is 0 Å². The summed E-state index contributed by atoms with van der Waals surface area (Å²) in [6.45, 7) is 4.24. The fourth-order valence-corrected chi connectivity index (χ4v) is 9.64. The molecule has 0 bridgehead atoms. The summed E-state index contributed by atoms with van der Waals surface area (Å²) >= 11 is 2.72. The maximum absolute atomic E-state index is 15.4. The van der Waals surface area contributed by atoms with Crippen LogP contribution in [0.2, 0.25) is 0 Å². The molecule has 7 aromatic heterocycles. The van der Waals surface area contributed by atoms with Crippen molar-refractivity contribution in [2.24, 2.45) is 14.1 Å². The lowest BCUT2D eigenvalue weighted by Crippen LogP contribution is -2.24. The van der Waals surface area contributed by atoms with Crippen molar-refractivity contribution in [3.63, 3.8) is 0 Å². The van der Waals surface area contributed by atoms with Crippen LogP contribution in [0.1, 0.15) is 32.9 Å². The van der Waals surface area contributed by atoms with Gasteiger partial charge in [0.25, 0.3) is 11.1 Å². The second kappa shape index (κ2) is 13.2. The predicted molar refractivity (Wildman–Crippen MR) is 222 cm³/mol. The quantitative estimate of drug-likeness (QED) is 0.151. The second-order valence-electron chi connectivity index (χ2n) is 13.7. The average Bonchev–Trinajstić information content (AvgIpc) is 4.06. The third kappa shape index (κ3) is 5.35. The lowest BCUT2D eigenvalue weighted by molar-refractivity contribution is 0.401. The van der Waals surface area contributed by atoms with Gasteiger partial charge in [-0.3, -0.25) is 9.59 Å². The van der Waals surface area contributed by atoms with Gasteiger partial charge in [-0.2, -0.15) is 15.3 Å². The van der Waals surface area contributed by atoms with Crippen LogP contribution >= 0.6 is 22.7 Å². The van der Waals surface area contributed by atoms with Gasteiger partial charge in [0.1, 0.15) is 32.5 Å². The number of thiazole rings is 2. The molecule has 7 heterocycles. The number of methoxy groups -OCH3 is 1. The van der Waals surface area contributed by atoms with E-state index in [1.54, 1.807) is 72.3 Å². The Morgan fingerprint density at radius 1 is 0.789 bits per heavy atom. The van der Waals surface area contributed by atoms with Gasteiger partial charge in [0.15, 0.2) is 17.5 Å². The van der Waals surface area contributed by atoms with Gasteiger partial charge in [0.05, 0.1) is 53.7 Å². The molecule has 0 radical (unpaired) electrons. The molecule has 0 amide bonds. The van der Waals surface area contributed by atoms with Crippen molar-refractivity contribution >= 4 is 82.2 Å². The number of hydrogen-bond acceptors (Lipinski definition) is 10. The van der Waals surface area contributed by atoms with Gasteiger partial charge in [0.2, 0.25) is 0 Å². The Morgan fingerprint density at radius 3 is 2.16 bits per heavy atom. The van der Waals surface area contributed by atoms with Crippen molar-refractivity contribution in [1.82, 2.24) is 48.4 Å². The van der Waals surface area contributed by atoms with E-state index in [1.807, 2.05) is 54.1 Å². The van der Waals surface area contributed by atoms with Gasteiger partial charge in [-0.15, -0.1) is 22.7 Å². The third-order valence-corrected chi connectivity index (χ3v) is 12.6. The minimum absolute atomic E-state index is 0.185. The van der Waals surface area contributed by atoms with Gasteiger partial charge < -0.3 is 13.9 Å². The van der Waals surface area contributed by atoms with Gasteiger partial charge in [-0.05, 0) is 41.0 Å². The zero-order valence-corrected chi connectivity index (χ0v) is 32.4. The molecule has 1 unspecified atom stereocenters. The van der Waals surface area contributed by atoms with Crippen LogP contribution < -0.4 is 15.9 Å². The highest BCUT2D eigenvalue weighted by Crippen LogP contribution is 2.37. The number of alkyl halides is 1. The Kier molecular flexibility index (Phi) is 8.02. The Bertz CT molecular complexity index is 3370. The zero-order chi connectivity index (χ0) is 39.1. The van der Waals surface area contributed by atoms with E-state index in [0.717, 1.165) is 47.5 Å². The zero-order valence-electron chi connectivity index (χ0n) is 30.8. The maximum atomic E-state index is 15.4. The molecule has 10 rings (SSSR count). The monoisotopic (exact) mass is 794 g/mol. The number of fused-ring (bicyclic) bond motifs is 7. The fourth-order valence-electron chi connectivity index (χ4n) is 7.57. The molecule has 13 nitrogen and oxygen atoms in total. The normalized spacial score (nSPS) is 12.5. The summed E-state index contributed by atoms with van der Waals surface area (Å²) < 4.78 is 31.1. The molecular weight excluding hydrogens is 764 g/mol. The van der Waals surface area contributed by atoms with Gasteiger partial charge in [0, 0.05) is 30.3 Å². The van der Waals surface area contributed by atoms with Crippen molar-refractivity contribution in [3.8, 4) is 11.4 Å². The first-order chi connectivity index (χ1) is 27.7. The summed E-state index contributed by atoms with van der Waals surface area (Å²) in [5.41, 5.74) is 5.49.